The van der Waals surface area contributed by atoms with Crippen molar-refractivity contribution < 1.29 is 27.2 Å². The molecule has 0 radical (unpaired) electrons. The molecule has 2 aromatic carbocycles. The van der Waals surface area contributed by atoms with Crippen LogP contribution in [0.2, 0.25) is 0 Å². The van der Waals surface area contributed by atoms with Crippen LogP contribution >= 0.6 is 0 Å². The Hall–Kier alpha value is -2.80. The maximum atomic E-state index is 13.0. The van der Waals surface area contributed by atoms with Gasteiger partial charge in [0.1, 0.15) is 18.8 Å². The first-order valence-electron chi connectivity index (χ1n) is 8.92. The van der Waals surface area contributed by atoms with Crippen molar-refractivity contribution in [2.45, 2.75) is 33.1 Å². The summed E-state index contributed by atoms with van der Waals surface area (Å²) in [6, 6.07) is 9.04. The van der Waals surface area contributed by atoms with Crippen LogP contribution in [0.3, 0.4) is 0 Å². The van der Waals surface area contributed by atoms with Crippen LogP contribution in [0.15, 0.2) is 45.6 Å². The van der Waals surface area contributed by atoms with Gasteiger partial charge in [0.05, 0.1) is 11.1 Å². The van der Waals surface area contributed by atoms with Gasteiger partial charge in [-0.1, -0.05) is 12.1 Å². The molecule has 1 unspecified atom stereocenters. The van der Waals surface area contributed by atoms with Gasteiger partial charge in [0.2, 0.25) is 6.73 Å². The van der Waals surface area contributed by atoms with E-state index in [1.54, 1.807) is 13.0 Å². The monoisotopic (exact) mass is 390 g/mol. The first-order chi connectivity index (χ1) is 13.2. The molecule has 1 aliphatic heterocycles. The van der Waals surface area contributed by atoms with Gasteiger partial charge in [-0.25, -0.2) is 4.79 Å². The van der Waals surface area contributed by atoms with E-state index in [2.05, 4.69) is 0 Å². The fourth-order valence-corrected chi connectivity index (χ4v) is 3.59. The number of alkyl halides is 3. The maximum absolute atomic E-state index is 13.0. The molecule has 4 rings (SSSR count). The van der Waals surface area contributed by atoms with Gasteiger partial charge >= 0.3 is 11.8 Å². The molecule has 7 heteroatoms. The molecule has 1 aliphatic rings. The largest absolute Gasteiger partial charge is 0.445 e. The van der Waals surface area contributed by atoms with Gasteiger partial charge < -0.3 is 9.15 Å². The average Bonchev–Trinajstić information content (AvgIpc) is 2.66. The summed E-state index contributed by atoms with van der Waals surface area (Å²) in [7, 11) is 0. The number of aryl methyl sites for hydroxylation is 1. The zero-order valence-corrected chi connectivity index (χ0v) is 15.4. The Morgan fingerprint density at radius 2 is 1.89 bits per heavy atom. The van der Waals surface area contributed by atoms with Crippen LogP contribution in [-0.4, -0.2) is 6.73 Å². The fraction of sp³-hybridized carbons (Fsp3) is 0.286. The van der Waals surface area contributed by atoms with Crippen molar-refractivity contribution in [3.05, 3.63) is 74.6 Å². The fourth-order valence-electron chi connectivity index (χ4n) is 3.59. The molecule has 0 bridgehead atoms. The minimum Gasteiger partial charge on any atom is -0.445 e. The summed E-state index contributed by atoms with van der Waals surface area (Å²) in [6.07, 6.45) is -4.37. The van der Waals surface area contributed by atoms with E-state index in [1.165, 1.54) is 12.1 Å². The summed E-state index contributed by atoms with van der Waals surface area (Å²) >= 11 is 0. The van der Waals surface area contributed by atoms with E-state index in [4.69, 9.17) is 9.15 Å². The molecule has 0 saturated carbocycles. The lowest BCUT2D eigenvalue weighted by Gasteiger charge is -2.27. The highest BCUT2D eigenvalue weighted by atomic mass is 19.4. The molecule has 3 aromatic rings. The van der Waals surface area contributed by atoms with Crippen molar-refractivity contribution in [3.63, 3.8) is 0 Å². The van der Waals surface area contributed by atoms with E-state index >= 15 is 0 Å². The number of nitrogens with one attached hydrogen (secondary N) is 1. The minimum absolute atomic E-state index is 0.323. The van der Waals surface area contributed by atoms with Crippen molar-refractivity contribution >= 4 is 11.0 Å². The number of quaternary nitrogens is 1. The zero-order chi connectivity index (χ0) is 20.1. The van der Waals surface area contributed by atoms with E-state index in [1.807, 2.05) is 19.1 Å². The van der Waals surface area contributed by atoms with Crippen molar-refractivity contribution in [2.24, 2.45) is 0 Å². The van der Waals surface area contributed by atoms with Gasteiger partial charge in [0.25, 0.3) is 0 Å². The SMILES string of the molecule is Cc1c(C)c2ccc3c(c2oc1=O)C[NH+](Cc1cccc(C(F)(F)F)c1)CO3. The van der Waals surface area contributed by atoms with Crippen molar-refractivity contribution in [3.8, 4) is 5.75 Å². The molecule has 0 fully saturated rings. The molecule has 4 nitrogen and oxygen atoms in total. The second kappa shape index (κ2) is 6.67. The number of ether oxygens (including phenoxy) is 1. The Bertz CT molecular complexity index is 1120. The summed E-state index contributed by atoms with van der Waals surface area (Å²) in [4.78, 5) is 13.1. The lowest BCUT2D eigenvalue weighted by molar-refractivity contribution is -0.945. The standard InChI is InChI=1S/C21H18F3NO3/c1-12-13(2)20(26)28-19-16(12)6-7-18-17(19)10-25(11-27-18)9-14-4-3-5-15(8-14)21(22,23)24/h3-8H,9-11H2,1-2H3/p+1. The molecule has 146 valence electrons. The predicted octanol–water partition coefficient (Wildman–Crippen LogP) is 3.36. The van der Waals surface area contributed by atoms with Crippen LogP contribution in [0.4, 0.5) is 13.2 Å². The highest BCUT2D eigenvalue weighted by Crippen LogP contribution is 2.31. The topological polar surface area (TPSA) is 43.9 Å². The van der Waals surface area contributed by atoms with Gasteiger partial charge in [0.15, 0.2) is 5.58 Å². The van der Waals surface area contributed by atoms with E-state index in [0.717, 1.165) is 27.5 Å². The quantitative estimate of drug-likeness (QED) is 0.683. The van der Waals surface area contributed by atoms with Crippen molar-refractivity contribution in [1.82, 2.24) is 0 Å². The molecule has 1 N–H and O–H groups in total. The summed E-state index contributed by atoms with van der Waals surface area (Å²) in [5.74, 6) is 0.645. The molecule has 1 aromatic heterocycles. The smallest absolute Gasteiger partial charge is 0.416 e. The van der Waals surface area contributed by atoms with Crippen LogP contribution in [0.25, 0.3) is 11.0 Å². The zero-order valence-electron chi connectivity index (χ0n) is 15.4. The normalized spacial score (nSPS) is 16.7. The third kappa shape index (κ3) is 3.26. The first kappa shape index (κ1) is 18.6. The van der Waals surface area contributed by atoms with Crippen LogP contribution in [0.1, 0.15) is 27.8 Å². The number of hydrogen-bond acceptors (Lipinski definition) is 3. The molecule has 1 atom stereocenters. The van der Waals surface area contributed by atoms with Gasteiger partial charge in [-0.3, -0.25) is 4.90 Å². The Morgan fingerprint density at radius 1 is 1.11 bits per heavy atom. The molecule has 0 aliphatic carbocycles. The summed E-state index contributed by atoms with van der Waals surface area (Å²) in [5, 5.41) is 0.847. The van der Waals surface area contributed by atoms with Gasteiger partial charge in [0, 0.05) is 16.5 Å². The molecule has 2 heterocycles. The van der Waals surface area contributed by atoms with E-state index in [-0.39, 0.29) is 5.63 Å². The molecule has 0 saturated heterocycles. The van der Waals surface area contributed by atoms with E-state index in [9.17, 15) is 18.0 Å². The first-order valence-corrected chi connectivity index (χ1v) is 8.92. The third-order valence-corrected chi connectivity index (χ3v) is 5.25. The van der Waals surface area contributed by atoms with Gasteiger partial charge in [-0.2, -0.15) is 13.2 Å². The number of hydrogen-bond donors (Lipinski definition) is 1. The Kier molecular flexibility index (Phi) is 4.42. The Balaban J connectivity index is 1.67. The minimum atomic E-state index is -4.37. The number of fused-ring (bicyclic) bond motifs is 3. The van der Waals surface area contributed by atoms with Gasteiger partial charge in [-0.15, -0.1) is 0 Å². The lowest BCUT2D eigenvalue weighted by atomic mass is 10.0. The van der Waals surface area contributed by atoms with E-state index < -0.39 is 11.7 Å². The lowest BCUT2D eigenvalue weighted by Crippen LogP contribution is -3.10. The number of rotatable bonds is 2. The highest BCUT2D eigenvalue weighted by molar-refractivity contribution is 5.85. The van der Waals surface area contributed by atoms with Crippen LogP contribution < -0.4 is 15.3 Å². The Labute approximate surface area is 159 Å². The van der Waals surface area contributed by atoms with Crippen LogP contribution in [0, 0.1) is 13.8 Å². The highest BCUT2D eigenvalue weighted by Gasteiger charge is 2.31. The summed E-state index contributed by atoms with van der Waals surface area (Å²) < 4.78 is 50.2. The summed E-state index contributed by atoms with van der Waals surface area (Å²) in [6.45, 7) is 4.78. The molecule has 28 heavy (non-hydrogen) atoms. The number of halogens is 3. The van der Waals surface area contributed by atoms with Crippen molar-refractivity contribution in [1.29, 1.82) is 0 Å². The molecule has 0 spiro atoms. The van der Waals surface area contributed by atoms with Gasteiger partial charge in [-0.05, 0) is 43.7 Å². The Morgan fingerprint density at radius 3 is 2.64 bits per heavy atom. The van der Waals surface area contributed by atoms with E-state index in [0.29, 0.717) is 42.3 Å². The predicted molar refractivity (Wildman–Crippen MR) is 97.3 cm³/mol. The van der Waals surface area contributed by atoms with Crippen LogP contribution in [-0.2, 0) is 19.3 Å². The molecular formula is C21H19F3NO3+. The number of benzene rings is 2. The molecule has 0 amide bonds. The third-order valence-electron chi connectivity index (χ3n) is 5.25. The average molecular weight is 390 g/mol. The second-order valence-corrected chi connectivity index (χ2v) is 7.15. The maximum Gasteiger partial charge on any atom is 0.416 e. The van der Waals surface area contributed by atoms with Crippen LogP contribution in [0.5, 0.6) is 5.75 Å². The van der Waals surface area contributed by atoms with Crippen molar-refractivity contribution in [2.75, 3.05) is 6.73 Å². The molecular weight excluding hydrogens is 371 g/mol. The second-order valence-electron chi connectivity index (χ2n) is 7.15. The summed E-state index contributed by atoms with van der Waals surface area (Å²) in [5.41, 5.74) is 2.22.